The molecule has 22 heavy (non-hydrogen) atoms. The maximum Gasteiger partial charge on any atom is 0.231 e. The Bertz CT molecular complexity index is 666. The van der Waals surface area contributed by atoms with Crippen molar-refractivity contribution < 1.29 is 9.53 Å². The molecule has 1 amide bonds. The summed E-state index contributed by atoms with van der Waals surface area (Å²) in [7, 11) is 0. The number of hydrogen-bond acceptors (Lipinski definition) is 4. The molecule has 2 aromatic rings. The van der Waals surface area contributed by atoms with Crippen LogP contribution in [0.4, 0.5) is 0 Å². The van der Waals surface area contributed by atoms with Crippen molar-refractivity contribution >= 4 is 5.91 Å². The molecule has 0 saturated heterocycles. The fraction of sp³-hybridized carbons (Fsp3) is 0.438. The molecule has 1 aromatic carbocycles. The molecule has 0 unspecified atom stereocenters. The summed E-state index contributed by atoms with van der Waals surface area (Å²) in [5, 5.41) is 11.0. The van der Waals surface area contributed by atoms with Crippen molar-refractivity contribution in [1.29, 1.82) is 0 Å². The number of nitrogens with zero attached hydrogens (tertiary/aromatic N) is 3. The minimum atomic E-state index is -0.221. The van der Waals surface area contributed by atoms with E-state index >= 15 is 0 Å². The summed E-state index contributed by atoms with van der Waals surface area (Å²) >= 11 is 0. The highest BCUT2D eigenvalue weighted by atomic mass is 16.5. The van der Waals surface area contributed by atoms with E-state index in [1.807, 2.05) is 28.8 Å². The fourth-order valence-electron chi connectivity index (χ4n) is 2.69. The highest BCUT2D eigenvalue weighted by Crippen LogP contribution is 2.33. The summed E-state index contributed by atoms with van der Waals surface area (Å²) in [6, 6.07) is 7.69. The van der Waals surface area contributed by atoms with Crippen LogP contribution in [0.3, 0.4) is 0 Å². The van der Waals surface area contributed by atoms with Crippen LogP contribution >= 0.6 is 0 Å². The van der Waals surface area contributed by atoms with E-state index in [4.69, 9.17) is 4.74 Å². The number of carbonyl (C=O) groups excluding carboxylic acids is 1. The lowest BCUT2D eigenvalue weighted by Crippen LogP contribution is -2.32. The number of amides is 1. The van der Waals surface area contributed by atoms with E-state index in [9.17, 15) is 4.79 Å². The van der Waals surface area contributed by atoms with E-state index < -0.39 is 0 Å². The molecule has 0 spiro atoms. The molecule has 1 aromatic heterocycles. The van der Waals surface area contributed by atoms with Crippen molar-refractivity contribution in [2.45, 2.75) is 32.2 Å². The van der Waals surface area contributed by atoms with Gasteiger partial charge in [0.1, 0.15) is 30.4 Å². The van der Waals surface area contributed by atoms with Gasteiger partial charge in [0.25, 0.3) is 0 Å². The molecule has 1 N–H and O–H groups in total. The van der Waals surface area contributed by atoms with Crippen LogP contribution in [0.2, 0.25) is 0 Å². The SMILES string of the molecule is CC(C)c1nncn1CCNC(=O)[C@H]1COc2ccccc21. The van der Waals surface area contributed by atoms with Gasteiger partial charge in [0, 0.05) is 24.6 Å². The van der Waals surface area contributed by atoms with E-state index in [-0.39, 0.29) is 11.8 Å². The van der Waals surface area contributed by atoms with Crippen LogP contribution in [0.25, 0.3) is 0 Å². The number of fused-ring (bicyclic) bond motifs is 1. The third kappa shape index (κ3) is 2.81. The standard InChI is InChI=1S/C16H20N4O2/c1-11(2)15-19-18-10-20(15)8-7-17-16(21)13-9-22-14-6-4-3-5-12(13)14/h3-6,10-11,13H,7-9H2,1-2H3,(H,17,21)/t13-/m0/s1. The quantitative estimate of drug-likeness (QED) is 0.912. The van der Waals surface area contributed by atoms with Gasteiger partial charge in [0.15, 0.2) is 0 Å². The van der Waals surface area contributed by atoms with Crippen molar-refractivity contribution in [1.82, 2.24) is 20.1 Å². The summed E-state index contributed by atoms with van der Waals surface area (Å²) in [6.45, 7) is 5.78. The van der Waals surface area contributed by atoms with Gasteiger partial charge in [-0.3, -0.25) is 4.79 Å². The van der Waals surface area contributed by atoms with Gasteiger partial charge in [-0.25, -0.2) is 0 Å². The number of benzene rings is 1. The summed E-state index contributed by atoms with van der Waals surface area (Å²) < 4.78 is 7.53. The first-order chi connectivity index (χ1) is 10.7. The van der Waals surface area contributed by atoms with Crippen molar-refractivity contribution in [3.8, 4) is 5.75 Å². The Kier molecular flexibility index (Phi) is 4.09. The number of hydrogen-bond donors (Lipinski definition) is 1. The molecule has 3 rings (SSSR count). The van der Waals surface area contributed by atoms with Crippen LogP contribution < -0.4 is 10.1 Å². The van der Waals surface area contributed by atoms with Gasteiger partial charge in [-0.05, 0) is 6.07 Å². The molecular weight excluding hydrogens is 280 g/mol. The molecule has 0 saturated carbocycles. The first-order valence-corrected chi connectivity index (χ1v) is 7.54. The zero-order valence-corrected chi connectivity index (χ0v) is 12.8. The van der Waals surface area contributed by atoms with Gasteiger partial charge in [-0.15, -0.1) is 10.2 Å². The second-order valence-corrected chi connectivity index (χ2v) is 5.73. The van der Waals surface area contributed by atoms with Crippen LogP contribution in [-0.4, -0.2) is 33.8 Å². The molecule has 6 heteroatoms. The third-order valence-corrected chi connectivity index (χ3v) is 3.83. The third-order valence-electron chi connectivity index (χ3n) is 3.83. The fourth-order valence-corrected chi connectivity index (χ4v) is 2.69. The maximum atomic E-state index is 12.3. The zero-order valence-electron chi connectivity index (χ0n) is 12.8. The van der Waals surface area contributed by atoms with Gasteiger partial charge >= 0.3 is 0 Å². The molecule has 6 nitrogen and oxygen atoms in total. The van der Waals surface area contributed by atoms with Crippen LogP contribution in [0, 0.1) is 0 Å². The number of rotatable bonds is 5. The van der Waals surface area contributed by atoms with Gasteiger partial charge < -0.3 is 14.6 Å². The Morgan fingerprint density at radius 2 is 2.27 bits per heavy atom. The molecule has 1 aliphatic rings. The minimum absolute atomic E-state index is 0.00382. The molecule has 2 heterocycles. The number of nitrogens with one attached hydrogen (secondary N) is 1. The summed E-state index contributed by atoms with van der Waals surface area (Å²) in [5.74, 6) is 1.84. The highest BCUT2D eigenvalue weighted by molar-refractivity contribution is 5.85. The molecule has 0 bridgehead atoms. The summed E-state index contributed by atoms with van der Waals surface area (Å²) in [6.07, 6.45) is 1.70. The van der Waals surface area contributed by atoms with Crippen LogP contribution in [-0.2, 0) is 11.3 Å². The first-order valence-electron chi connectivity index (χ1n) is 7.54. The molecule has 1 aliphatic heterocycles. The summed E-state index contributed by atoms with van der Waals surface area (Å²) in [5.41, 5.74) is 0.965. The van der Waals surface area contributed by atoms with Crippen molar-refractivity contribution in [2.75, 3.05) is 13.2 Å². The molecule has 0 aliphatic carbocycles. The lowest BCUT2D eigenvalue weighted by molar-refractivity contribution is -0.122. The molecule has 116 valence electrons. The number of ether oxygens (including phenoxy) is 1. The second kappa shape index (κ2) is 6.17. The smallest absolute Gasteiger partial charge is 0.231 e. The Morgan fingerprint density at radius 1 is 1.45 bits per heavy atom. The molecule has 0 radical (unpaired) electrons. The predicted octanol–water partition coefficient (Wildman–Crippen LogP) is 1.69. The lowest BCUT2D eigenvalue weighted by Gasteiger charge is -2.12. The number of aromatic nitrogens is 3. The van der Waals surface area contributed by atoms with Crippen molar-refractivity contribution in [3.05, 3.63) is 42.0 Å². The second-order valence-electron chi connectivity index (χ2n) is 5.73. The van der Waals surface area contributed by atoms with Crippen molar-refractivity contribution in [3.63, 3.8) is 0 Å². The monoisotopic (exact) mass is 300 g/mol. The number of carbonyl (C=O) groups is 1. The van der Waals surface area contributed by atoms with Gasteiger partial charge in [-0.1, -0.05) is 32.0 Å². The Morgan fingerprint density at radius 3 is 3.09 bits per heavy atom. The van der Waals surface area contributed by atoms with Crippen molar-refractivity contribution in [2.24, 2.45) is 0 Å². The molecule has 1 atom stereocenters. The summed E-state index contributed by atoms with van der Waals surface area (Å²) in [4.78, 5) is 12.3. The normalized spacial score (nSPS) is 16.4. The Hall–Kier alpha value is -2.37. The average molecular weight is 300 g/mol. The Labute approximate surface area is 129 Å². The minimum Gasteiger partial charge on any atom is -0.492 e. The van der Waals surface area contributed by atoms with Crippen LogP contribution in [0.5, 0.6) is 5.75 Å². The maximum absolute atomic E-state index is 12.3. The van der Waals surface area contributed by atoms with Gasteiger partial charge in [-0.2, -0.15) is 0 Å². The van der Waals surface area contributed by atoms with Gasteiger partial charge in [0.2, 0.25) is 5.91 Å². The lowest BCUT2D eigenvalue weighted by atomic mass is 10.0. The Balaban J connectivity index is 1.56. The largest absolute Gasteiger partial charge is 0.492 e. The number of para-hydroxylation sites is 1. The first kappa shape index (κ1) is 14.6. The predicted molar refractivity (Wildman–Crippen MR) is 81.8 cm³/mol. The van der Waals surface area contributed by atoms with E-state index in [0.29, 0.717) is 25.6 Å². The van der Waals surface area contributed by atoms with E-state index in [1.165, 1.54) is 0 Å². The van der Waals surface area contributed by atoms with Crippen LogP contribution in [0.15, 0.2) is 30.6 Å². The molecule has 0 fully saturated rings. The highest BCUT2D eigenvalue weighted by Gasteiger charge is 2.29. The van der Waals surface area contributed by atoms with E-state index in [1.54, 1.807) is 6.33 Å². The van der Waals surface area contributed by atoms with Crippen LogP contribution in [0.1, 0.15) is 37.1 Å². The van der Waals surface area contributed by atoms with Gasteiger partial charge in [0.05, 0.1) is 0 Å². The van der Waals surface area contributed by atoms with E-state index in [0.717, 1.165) is 17.1 Å². The van der Waals surface area contributed by atoms with E-state index in [2.05, 4.69) is 29.4 Å². The average Bonchev–Trinajstić information content (AvgIpc) is 3.13. The topological polar surface area (TPSA) is 69.0 Å². The molecular formula is C16H20N4O2. The zero-order chi connectivity index (χ0) is 15.5.